The highest BCUT2D eigenvalue weighted by molar-refractivity contribution is 7.89. The molecule has 0 amide bonds. The molecule has 1 saturated carbocycles. The van der Waals surface area contributed by atoms with Gasteiger partial charge in [0.05, 0.1) is 6.20 Å². The molecule has 1 aromatic rings. The second-order valence-electron chi connectivity index (χ2n) is 6.74. The summed E-state index contributed by atoms with van der Waals surface area (Å²) in [4.78, 5) is 2.85. The van der Waals surface area contributed by atoms with Crippen LogP contribution in [-0.4, -0.2) is 48.8 Å². The van der Waals surface area contributed by atoms with Gasteiger partial charge in [-0.25, -0.2) is 13.1 Å². The highest BCUT2D eigenvalue weighted by Gasteiger charge is 2.32. The molecule has 3 rings (SSSR count). The minimum absolute atomic E-state index is 0.271. The molecule has 130 valence electrons. The normalized spacial score (nSPS) is 26.7. The summed E-state index contributed by atoms with van der Waals surface area (Å²) < 4.78 is 29.4. The SMILES string of the molecule is CCn1cc(S(=O)(=O)NCC2CCCCC2N2CCCC2)cn1. The van der Waals surface area contributed by atoms with Crippen LogP contribution < -0.4 is 4.72 Å². The molecule has 6 nitrogen and oxygen atoms in total. The van der Waals surface area contributed by atoms with Crippen molar-refractivity contribution in [3.8, 4) is 0 Å². The third-order valence-electron chi connectivity index (χ3n) is 5.26. The van der Waals surface area contributed by atoms with Crippen LogP contribution >= 0.6 is 0 Å². The van der Waals surface area contributed by atoms with Crippen LogP contribution in [0.3, 0.4) is 0 Å². The average Bonchev–Trinajstić information content (AvgIpc) is 3.24. The first kappa shape index (κ1) is 16.9. The summed E-state index contributed by atoms with van der Waals surface area (Å²) in [6.07, 6.45) is 10.4. The number of nitrogens with one attached hydrogen (secondary N) is 1. The fourth-order valence-electron chi connectivity index (χ4n) is 3.94. The molecule has 0 aromatic carbocycles. The summed E-state index contributed by atoms with van der Waals surface area (Å²) in [5, 5.41) is 4.06. The Labute approximate surface area is 139 Å². The predicted molar refractivity (Wildman–Crippen MR) is 89.6 cm³/mol. The number of aryl methyl sites for hydroxylation is 1. The standard InChI is InChI=1S/C16H28N4O2S/c1-2-20-13-15(12-17-20)23(21,22)18-11-14-7-3-4-8-16(14)19-9-5-6-10-19/h12-14,16,18H,2-11H2,1H3. The number of sulfonamides is 1. The van der Waals surface area contributed by atoms with Crippen LogP contribution in [0.5, 0.6) is 0 Å². The molecule has 7 heteroatoms. The fourth-order valence-corrected chi connectivity index (χ4v) is 4.98. The van der Waals surface area contributed by atoms with Crippen molar-refractivity contribution in [1.82, 2.24) is 19.4 Å². The summed E-state index contributed by atoms with van der Waals surface area (Å²) >= 11 is 0. The largest absolute Gasteiger partial charge is 0.300 e. The molecule has 1 saturated heterocycles. The van der Waals surface area contributed by atoms with E-state index in [1.54, 1.807) is 10.9 Å². The van der Waals surface area contributed by atoms with E-state index in [2.05, 4.69) is 14.7 Å². The molecule has 0 spiro atoms. The van der Waals surface area contributed by atoms with Crippen LogP contribution in [0.4, 0.5) is 0 Å². The lowest BCUT2D eigenvalue weighted by atomic mass is 9.84. The zero-order valence-corrected chi connectivity index (χ0v) is 14.8. The molecule has 1 aromatic heterocycles. The van der Waals surface area contributed by atoms with Gasteiger partial charge >= 0.3 is 0 Å². The van der Waals surface area contributed by atoms with Crippen LogP contribution in [0.15, 0.2) is 17.3 Å². The topological polar surface area (TPSA) is 67.2 Å². The van der Waals surface area contributed by atoms with E-state index in [0.29, 0.717) is 25.0 Å². The molecular formula is C16H28N4O2S. The van der Waals surface area contributed by atoms with Crippen molar-refractivity contribution in [2.24, 2.45) is 5.92 Å². The van der Waals surface area contributed by atoms with E-state index in [-0.39, 0.29) is 4.90 Å². The Morgan fingerprint density at radius 2 is 1.96 bits per heavy atom. The average molecular weight is 340 g/mol. The molecular weight excluding hydrogens is 312 g/mol. The van der Waals surface area contributed by atoms with Gasteiger partial charge in [-0.1, -0.05) is 12.8 Å². The zero-order valence-electron chi connectivity index (χ0n) is 13.9. The van der Waals surface area contributed by atoms with Crippen molar-refractivity contribution in [2.75, 3.05) is 19.6 Å². The molecule has 23 heavy (non-hydrogen) atoms. The number of likely N-dealkylation sites (tertiary alicyclic amines) is 1. The van der Waals surface area contributed by atoms with Gasteiger partial charge < -0.3 is 4.90 Å². The van der Waals surface area contributed by atoms with Gasteiger partial charge in [0.15, 0.2) is 0 Å². The van der Waals surface area contributed by atoms with Gasteiger partial charge in [0.1, 0.15) is 4.90 Å². The van der Waals surface area contributed by atoms with Crippen molar-refractivity contribution in [1.29, 1.82) is 0 Å². The van der Waals surface area contributed by atoms with E-state index in [1.165, 1.54) is 51.4 Å². The molecule has 2 aliphatic rings. The summed E-state index contributed by atoms with van der Waals surface area (Å²) in [5.41, 5.74) is 0. The van der Waals surface area contributed by atoms with Crippen LogP contribution in [0.1, 0.15) is 45.4 Å². The Hall–Kier alpha value is -0.920. The first-order chi connectivity index (χ1) is 11.1. The monoisotopic (exact) mass is 340 g/mol. The maximum Gasteiger partial charge on any atom is 0.243 e. The second kappa shape index (κ2) is 7.32. The predicted octanol–water partition coefficient (Wildman–Crippen LogP) is 1.84. The Balaban J connectivity index is 1.63. The molecule has 2 heterocycles. The Morgan fingerprint density at radius 1 is 1.22 bits per heavy atom. The van der Waals surface area contributed by atoms with Crippen molar-refractivity contribution in [2.45, 2.75) is 62.9 Å². The fraction of sp³-hybridized carbons (Fsp3) is 0.812. The van der Waals surface area contributed by atoms with Crippen LogP contribution in [0.25, 0.3) is 0 Å². The first-order valence-corrected chi connectivity index (χ1v) is 10.3. The van der Waals surface area contributed by atoms with Crippen LogP contribution in [-0.2, 0) is 16.6 Å². The lowest BCUT2D eigenvalue weighted by Gasteiger charge is -2.38. The minimum atomic E-state index is -3.45. The van der Waals surface area contributed by atoms with E-state index >= 15 is 0 Å². The molecule has 0 bridgehead atoms. The molecule has 2 atom stereocenters. The van der Waals surface area contributed by atoms with Gasteiger partial charge in [0.25, 0.3) is 0 Å². The van der Waals surface area contributed by atoms with Gasteiger partial charge in [0.2, 0.25) is 10.0 Å². The number of aromatic nitrogens is 2. The lowest BCUT2D eigenvalue weighted by molar-refractivity contribution is 0.130. The number of nitrogens with zero attached hydrogens (tertiary/aromatic N) is 3. The van der Waals surface area contributed by atoms with Crippen molar-refractivity contribution < 1.29 is 8.42 Å². The molecule has 1 aliphatic carbocycles. The maximum atomic E-state index is 12.5. The molecule has 1 aliphatic heterocycles. The maximum absolute atomic E-state index is 12.5. The first-order valence-electron chi connectivity index (χ1n) is 8.86. The van der Waals surface area contributed by atoms with E-state index in [1.807, 2.05) is 6.92 Å². The van der Waals surface area contributed by atoms with Crippen molar-refractivity contribution >= 4 is 10.0 Å². The Kier molecular flexibility index (Phi) is 5.38. The number of hydrogen-bond acceptors (Lipinski definition) is 4. The van der Waals surface area contributed by atoms with Crippen LogP contribution in [0, 0.1) is 5.92 Å². The van der Waals surface area contributed by atoms with E-state index < -0.39 is 10.0 Å². The summed E-state index contributed by atoms with van der Waals surface area (Å²) in [7, 11) is -3.45. The van der Waals surface area contributed by atoms with Gasteiger partial charge in [0, 0.05) is 25.3 Å². The molecule has 1 N–H and O–H groups in total. The summed E-state index contributed by atoms with van der Waals surface area (Å²) in [5.74, 6) is 0.429. The van der Waals surface area contributed by atoms with Crippen LogP contribution in [0.2, 0.25) is 0 Å². The number of hydrogen-bond donors (Lipinski definition) is 1. The van der Waals surface area contributed by atoms with Gasteiger partial charge in [-0.2, -0.15) is 5.10 Å². The van der Waals surface area contributed by atoms with E-state index in [0.717, 1.165) is 6.42 Å². The molecule has 2 fully saturated rings. The van der Waals surface area contributed by atoms with Crippen molar-refractivity contribution in [3.05, 3.63) is 12.4 Å². The van der Waals surface area contributed by atoms with E-state index in [4.69, 9.17) is 0 Å². The third kappa shape index (κ3) is 3.95. The highest BCUT2D eigenvalue weighted by Crippen LogP contribution is 2.30. The minimum Gasteiger partial charge on any atom is -0.300 e. The van der Waals surface area contributed by atoms with Gasteiger partial charge in [-0.15, -0.1) is 0 Å². The zero-order chi connectivity index (χ0) is 16.3. The molecule has 2 unspecified atom stereocenters. The summed E-state index contributed by atoms with van der Waals surface area (Å²) in [6.45, 7) is 5.52. The Morgan fingerprint density at radius 3 is 2.65 bits per heavy atom. The quantitative estimate of drug-likeness (QED) is 0.858. The second-order valence-corrected chi connectivity index (χ2v) is 8.51. The van der Waals surface area contributed by atoms with Gasteiger partial charge in [-0.05, 0) is 51.6 Å². The number of rotatable bonds is 6. The lowest BCUT2D eigenvalue weighted by Crippen LogP contribution is -2.45. The van der Waals surface area contributed by atoms with Gasteiger partial charge in [-0.3, -0.25) is 4.68 Å². The smallest absolute Gasteiger partial charge is 0.243 e. The third-order valence-corrected chi connectivity index (χ3v) is 6.64. The Bertz CT molecular complexity index is 607. The van der Waals surface area contributed by atoms with Crippen molar-refractivity contribution in [3.63, 3.8) is 0 Å². The van der Waals surface area contributed by atoms with E-state index in [9.17, 15) is 8.42 Å². The molecule has 0 radical (unpaired) electrons. The summed E-state index contributed by atoms with van der Waals surface area (Å²) in [6, 6.07) is 0.548. The highest BCUT2D eigenvalue weighted by atomic mass is 32.2.